The van der Waals surface area contributed by atoms with Gasteiger partial charge in [0.05, 0.1) is 16.4 Å². The summed E-state index contributed by atoms with van der Waals surface area (Å²) >= 11 is 3.30. The quantitative estimate of drug-likeness (QED) is 0.531. The van der Waals surface area contributed by atoms with Crippen LogP contribution in [0.2, 0.25) is 0 Å². The molecule has 0 amide bonds. The Labute approximate surface area is 149 Å². The average Bonchev–Trinajstić information content (AvgIpc) is 2.91. The summed E-state index contributed by atoms with van der Waals surface area (Å²) in [6, 6.07) is 8.08. The third-order valence-electron chi connectivity index (χ3n) is 4.04. The van der Waals surface area contributed by atoms with Crippen molar-refractivity contribution < 1.29 is 4.79 Å². The highest BCUT2D eigenvalue weighted by Crippen LogP contribution is 2.37. The number of nitrogens with zero attached hydrogens (tertiary/aromatic N) is 3. The van der Waals surface area contributed by atoms with E-state index < -0.39 is 0 Å². The number of nitrogens with two attached hydrogens (primary N) is 1. The predicted molar refractivity (Wildman–Crippen MR) is 101 cm³/mol. The predicted octanol–water partition coefficient (Wildman–Crippen LogP) is 3.98. The Kier molecular flexibility index (Phi) is 4.66. The van der Waals surface area contributed by atoms with Gasteiger partial charge in [0.25, 0.3) is 0 Å². The minimum atomic E-state index is 0.0106. The minimum absolute atomic E-state index is 0.0106. The number of fused-ring (bicyclic) bond motifs is 1. The first-order chi connectivity index (χ1) is 11.6. The van der Waals surface area contributed by atoms with Crippen LogP contribution < -0.4 is 5.73 Å². The van der Waals surface area contributed by atoms with Gasteiger partial charge in [0.2, 0.25) is 0 Å². The fraction of sp³-hybridized carbons (Fsp3) is 0.278. The summed E-state index contributed by atoms with van der Waals surface area (Å²) in [4.78, 5) is 21.2. The van der Waals surface area contributed by atoms with Crippen molar-refractivity contribution in [1.29, 1.82) is 0 Å². The van der Waals surface area contributed by atoms with Gasteiger partial charge in [-0.25, -0.2) is 9.97 Å². The van der Waals surface area contributed by atoms with Crippen LogP contribution in [0.4, 0.5) is 5.82 Å². The van der Waals surface area contributed by atoms with Crippen molar-refractivity contribution in [3.05, 3.63) is 41.9 Å². The average molecular weight is 387 g/mol. The molecule has 0 spiro atoms. The van der Waals surface area contributed by atoms with Crippen LogP contribution in [0.25, 0.3) is 22.2 Å². The maximum atomic E-state index is 12.7. The fourth-order valence-corrected chi connectivity index (χ4v) is 3.25. The van der Waals surface area contributed by atoms with Crippen LogP contribution in [0.3, 0.4) is 0 Å². The Morgan fingerprint density at radius 2 is 1.96 bits per heavy atom. The molecule has 1 aromatic carbocycles. The van der Waals surface area contributed by atoms with Crippen LogP contribution in [0.1, 0.15) is 29.4 Å². The molecule has 0 saturated heterocycles. The van der Waals surface area contributed by atoms with Crippen LogP contribution in [0, 0.1) is 6.92 Å². The summed E-state index contributed by atoms with van der Waals surface area (Å²) in [5.41, 5.74) is 10.4. The highest BCUT2D eigenvalue weighted by Gasteiger charge is 2.25. The number of rotatable bonds is 5. The second-order valence-electron chi connectivity index (χ2n) is 5.76. The molecule has 0 aliphatic carbocycles. The maximum Gasteiger partial charge on any atom is 0.190 e. The molecule has 0 radical (unpaired) electrons. The van der Waals surface area contributed by atoms with Crippen molar-refractivity contribution in [2.24, 2.45) is 0 Å². The fourth-order valence-electron chi connectivity index (χ4n) is 2.99. The molecule has 2 N–H and O–H groups in total. The van der Waals surface area contributed by atoms with Crippen LogP contribution >= 0.6 is 15.9 Å². The lowest BCUT2D eigenvalue weighted by Gasteiger charge is -2.09. The number of alkyl halides is 1. The van der Waals surface area contributed by atoms with E-state index in [1.807, 2.05) is 35.8 Å². The van der Waals surface area contributed by atoms with E-state index >= 15 is 0 Å². The van der Waals surface area contributed by atoms with Crippen molar-refractivity contribution in [3.63, 3.8) is 0 Å². The summed E-state index contributed by atoms with van der Waals surface area (Å²) in [5, 5.41) is 0.998. The van der Waals surface area contributed by atoms with Gasteiger partial charge >= 0.3 is 0 Å². The number of nitrogen functional groups attached to an aromatic ring is 1. The van der Waals surface area contributed by atoms with E-state index in [9.17, 15) is 4.79 Å². The zero-order valence-electron chi connectivity index (χ0n) is 13.7. The Bertz CT molecular complexity index is 900. The summed E-state index contributed by atoms with van der Waals surface area (Å²) in [6.07, 6.45) is 2.34. The van der Waals surface area contributed by atoms with Crippen molar-refractivity contribution in [1.82, 2.24) is 14.5 Å². The molecule has 24 heavy (non-hydrogen) atoms. The molecule has 2 heterocycles. The Morgan fingerprint density at radius 1 is 1.25 bits per heavy atom. The van der Waals surface area contributed by atoms with Crippen molar-refractivity contribution in [2.75, 3.05) is 11.1 Å². The number of Topliss-reactive ketones (excluding diaryl/α,β-unsaturated/α-hetero) is 1. The smallest absolute Gasteiger partial charge is 0.190 e. The molecule has 0 unspecified atom stereocenters. The molecule has 0 saturated carbocycles. The molecule has 3 aromatic rings. The van der Waals surface area contributed by atoms with Gasteiger partial charge in [0.1, 0.15) is 17.8 Å². The number of anilines is 1. The molecule has 5 nitrogen and oxygen atoms in total. The van der Waals surface area contributed by atoms with Crippen molar-refractivity contribution >= 4 is 38.6 Å². The lowest BCUT2D eigenvalue weighted by Crippen LogP contribution is -2.11. The second-order valence-corrected chi connectivity index (χ2v) is 6.32. The number of carbonyl (C=O) groups excluding carboxylic acids is 1. The van der Waals surface area contributed by atoms with Gasteiger partial charge in [-0.3, -0.25) is 4.79 Å². The first-order valence-electron chi connectivity index (χ1n) is 7.87. The number of halogens is 1. The first kappa shape index (κ1) is 16.6. The number of aryl methyl sites for hydroxylation is 2. The van der Waals surface area contributed by atoms with E-state index in [1.165, 1.54) is 6.33 Å². The lowest BCUT2D eigenvalue weighted by molar-refractivity contribution is 0.101. The van der Waals surface area contributed by atoms with E-state index in [2.05, 4.69) is 32.8 Å². The van der Waals surface area contributed by atoms with Gasteiger partial charge < -0.3 is 10.3 Å². The maximum absolute atomic E-state index is 12.7. The van der Waals surface area contributed by atoms with Gasteiger partial charge in [0, 0.05) is 12.1 Å². The molecule has 124 valence electrons. The molecule has 3 rings (SSSR count). The standard InChI is InChI=1S/C18H19BrN4O/c1-3-8-23-16(13(24)9-19)14(12-6-4-11(2)5-7-12)15-17(20)21-10-22-18(15)23/h4-7,10H,3,8-9H2,1-2H3,(H2,20,21,22). The molecule has 0 fully saturated rings. The van der Waals surface area contributed by atoms with Crippen molar-refractivity contribution in [3.8, 4) is 11.1 Å². The van der Waals surface area contributed by atoms with E-state index in [1.54, 1.807) is 0 Å². The zero-order chi connectivity index (χ0) is 17.3. The molecular weight excluding hydrogens is 368 g/mol. The number of hydrogen-bond donors (Lipinski definition) is 1. The number of hydrogen-bond acceptors (Lipinski definition) is 4. The molecule has 0 atom stereocenters. The third-order valence-corrected chi connectivity index (χ3v) is 4.55. The summed E-state index contributed by atoms with van der Waals surface area (Å²) in [6.45, 7) is 4.81. The van der Waals surface area contributed by atoms with Gasteiger partial charge in [-0.05, 0) is 18.9 Å². The minimum Gasteiger partial charge on any atom is -0.383 e. The Hall–Kier alpha value is -2.21. The van der Waals surface area contributed by atoms with E-state index in [0.29, 0.717) is 23.7 Å². The molecule has 0 bridgehead atoms. The van der Waals surface area contributed by atoms with E-state index in [-0.39, 0.29) is 11.1 Å². The SMILES string of the molecule is CCCn1c(C(=O)CBr)c(-c2ccc(C)cc2)c2c(N)ncnc21. The third kappa shape index (κ3) is 2.71. The van der Waals surface area contributed by atoms with E-state index in [4.69, 9.17) is 5.73 Å². The molecule has 0 aliphatic heterocycles. The normalized spacial score (nSPS) is 11.1. The van der Waals surface area contributed by atoms with Crippen LogP contribution in [0.5, 0.6) is 0 Å². The summed E-state index contributed by atoms with van der Waals surface area (Å²) < 4.78 is 1.96. The van der Waals surface area contributed by atoms with Gasteiger partial charge in [0.15, 0.2) is 5.78 Å². The first-order valence-corrected chi connectivity index (χ1v) is 8.99. The molecule has 0 aliphatic rings. The highest BCUT2D eigenvalue weighted by atomic mass is 79.9. The Morgan fingerprint density at radius 3 is 2.58 bits per heavy atom. The number of ketones is 1. The summed E-state index contributed by atoms with van der Waals surface area (Å²) in [5.74, 6) is 0.408. The lowest BCUT2D eigenvalue weighted by atomic mass is 10.00. The van der Waals surface area contributed by atoms with E-state index in [0.717, 1.165) is 28.5 Å². The largest absolute Gasteiger partial charge is 0.383 e. The summed E-state index contributed by atoms with van der Waals surface area (Å²) in [7, 11) is 0. The van der Waals surface area contributed by atoms with Crippen LogP contribution in [-0.4, -0.2) is 25.6 Å². The number of benzene rings is 1. The van der Waals surface area contributed by atoms with Gasteiger partial charge in [-0.15, -0.1) is 0 Å². The molecule has 2 aromatic heterocycles. The molecule has 6 heteroatoms. The van der Waals surface area contributed by atoms with Crippen molar-refractivity contribution in [2.45, 2.75) is 26.8 Å². The van der Waals surface area contributed by atoms with Gasteiger partial charge in [-0.1, -0.05) is 52.7 Å². The molecular formula is C18H19BrN4O. The van der Waals surface area contributed by atoms with Crippen LogP contribution in [0.15, 0.2) is 30.6 Å². The zero-order valence-corrected chi connectivity index (χ0v) is 15.3. The monoisotopic (exact) mass is 386 g/mol. The van der Waals surface area contributed by atoms with Crippen LogP contribution in [-0.2, 0) is 6.54 Å². The highest BCUT2D eigenvalue weighted by molar-refractivity contribution is 9.09. The second kappa shape index (κ2) is 6.73. The topological polar surface area (TPSA) is 73.8 Å². The Balaban J connectivity index is 2.44. The number of aromatic nitrogens is 3. The van der Waals surface area contributed by atoms with Gasteiger partial charge in [-0.2, -0.15) is 0 Å². The number of carbonyl (C=O) groups is 1.